The van der Waals surface area contributed by atoms with E-state index < -0.39 is 71.8 Å². The maximum atomic E-state index is 15.6. The van der Waals surface area contributed by atoms with E-state index in [0.29, 0.717) is 16.7 Å². The predicted octanol–water partition coefficient (Wildman–Crippen LogP) is -0.157. The van der Waals surface area contributed by atoms with Gasteiger partial charge in [0.05, 0.1) is 54.3 Å². The summed E-state index contributed by atoms with van der Waals surface area (Å²) in [6.45, 7) is -0.616. The minimum atomic E-state index is -2.09. The minimum absolute atomic E-state index is 0.0403. The third kappa shape index (κ3) is 7.75. The highest BCUT2D eigenvalue weighted by Gasteiger charge is 2.45. The van der Waals surface area contributed by atoms with Gasteiger partial charge in [0.25, 0.3) is 5.56 Å². The van der Waals surface area contributed by atoms with Gasteiger partial charge in [-0.05, 0) is 29.7 Å². The molecular formula is C37H37FN8O10. The summed E-state index contributed by atoms with van der Waals surface area (Å²) in [6.07, 6.45) is -1.42. The van der Waals surface area contributed by atoms with Crippen molar-refractivity contribution >= 4 is 52.3 Å². The molecule has 2 atom stereocenters. The van der Waals surface area contributed by atoms with Crippen LogP contribution in [0.4, 0.5) is 14.9 Å². The van der Waals surface area contributed by atoms with Crippen LogP contribution in [0.5, 0.6) is 0 Å². The fraction of sp³-hybridized carbons (Fsp3) is 0.297. The molecule has 2 aliphatic rings. The zero-order valence-electron chi connectivity index (χ0n) is 29.9. The fourth-order valence-corrected chi connectivity index (χ4v) is 6.69. The van der Waals surface area contributed by atoms with Gasteiger partial charge < -0.3 is 51.8 Å². The van der Waals surface area contributed by atoms with Crippen LogP contribution >= 0.6 is 0 Å². The molecule has 2 aromatic heterocycles. The first-order valence-electron chi connectivity index (χ1n) is 17.4. The average Bonchev–Trinajstić information content (AvgIpc) is 3.55. The van der Waals surface area contributed by atoms with E-state index in [1.807, 2.05) is 0 Å². The number of rotatable bonds is 13. The monoisotopic (exact) mass is 772 g/mol. The van der Waals surface area contributed by atoms with Crippen molar-refractivity contribution < 1.29 is 48.1 Å². The number of carboxylic acid groups (broad SMARTS) is 1. The number of cyclic esters (lactones) is 1. The van der Waals surface area contributed by atoms with Crippen LogP contribution in [-0.2, 0) is 60.4 Å². The number of pyridine rings is 2. The molecule has 0 aliphatic carbocycles. The number of aliphatic hydroxyl groups is 1. The Balaban J connectivity index is 1.26. The number of nitrogens with zero attached hydrogens (tertiary/aromatic N) is 2. The zero-order chi connectivity index (χ0) is 40.3. The van der Waals surface area contributed by atoms with Gasteiger partial charge in [-0.25, -0.2) is 19.0 Å². The van der Waals surface area contributed by atoms with Gasteiger partial charge in [-0.15, -0.1) is 0 Å². The summed E-state index contributed by atoms with van der Waals surface area (Å²) < 4.78 is 22.1. The quantitative estimate of drug-likeness (QED) is 0.0726. The van der Waals surface area contributed by atoms with E-state index in [2.05, 4.69) is 31.6 Å². The summed E-state index contributed by atoms with van der Waals surface area (Å²) in [4.78, 5) is 92.8. The van der Waals surface area contributed by atoms with E-state index in [0.717, 1.165) is 6.07 Å². The number of fused-ring (bicyclic) bond motifs is 5. The lowest BCUT2D eigenvalue weighted by atomic mass is 9.86. The Kier molecular flexibility index (Phi) is 11.1. The number of benzene rings is 2. The molecule has 9 N–H and O–H groups in total. The summed E-state index contributed by atoms with van der Waals surface area (Å²) in [5.41, 5.74) is 4.30. The molecule has 4 aromatic rings. The summed E-state index contributed by atoms with van der Waals surface area (Å²) in [6, 6.07) is 11.3. The van der Waals surface area contributed by atoms with Gasteiger partial charge in [-0.1, -0.05) is 37.3 Å². The predicted molar refractivity (Wildman–Crippen MR) is 195 cm³/mol. The number of nitrogens with two attached hydrogens (primary N) is 1. The van der Waals surface area contributed by atoms with Crippen LogP contribution in [0.2, 0.25) is 0 Å². The number of carbonyl (C=O) groups excluding carboxylic acids is 5. The second-order valence-corrected chi connectivity index (χ2v) is 13.1. The number of hydrogen-bond acceptors (Lipinski definition) is 11. The van der Waals surface area contributed by atoms with Crippen LogP contribution in [0.15, 0.2) is 53.3 Å². The van der Waals surface area contributed by atoms with E-state index in [-0.39, 0.29) is 78.2 Å². The number of halogens is 1. The molecule has 0 radical (unpaired) electrons. The van der Waals surface area contributed by atoms with E-state index in [1.54, 1.807) is 37.3 Å². The van der Waals surface area contributed by atoms with Gasteiger partial charge in [0.15, 0.2) is 5.60 Å². The number of amides is 5. The first-order chi connectivity index (χ1) is 26.7. The number of anilines is 1. The van der Waals surface area contributed by atoms with Gasteiger partial charge in [0.2, 0.25) is 23.6 Å². The standard InChI is InChI=1S/C37H37FN8O10/c1-2-37(55)23-10-28-32-21(16-46(28)34(51)22(23)17-56-35(37)52)20(13-42-36(53)54)19-9-26(24(38)11-25(19)45-32)43-31(49)15-41-33(50)27(8-18-6-4-3-5-7-18)44-30(48)14-40-29(47)12-39/h3-7,9-11,27,42,55H,2,8,12-17,39H2,1H3,(H,40,47)(H,41,50)(H,43,49)(H,44,48)(H,53,54)/t27-,37-/m0/s1. The van der Waals surface area contributed by atoms with Crippen LogP contribution in [0.3, 0.4) is 0 Å². The van der Waals surface area contributed by atoms with Crippen LogP contribution in [0, 0.1) is 5.82 Å². The lowest BCUT2D eigenvalue weighted by Gasteiger charge is -2.31. The van der Waals surface area contributed by atoms with Crippen molar-refractivity contribution in [3.05, 3.63) is 92.5 Å². The Hall–Kier alpha value is -6.73. The minimum Gasteiger partial charge on any atom is -0.465 e. The molecule has 292 valence electrons. The molecule has 4 heterocycles. The van der Waals surface area contributed by atoms with E-state index in [4.69, 9.17) is 10.5 Å². The topological polar surface area (TPSA) is 273 Å². The molecule has 0 unspecified atom stereocenters. The number of nitrogens with one attached hydrogen (secondary N) is 5. The Morgan fingerprint density at radius 2 is 1.73 bits per heavy atom. The Labute approximate surface area is 316 Å². The van der Waals surface area contributed by atoms with Crippen molar-refractivity contribution in [2.24, 2.45) is 5.73 Å². The van der Waals surface area contributed by atoms with Crippen molar-refractivity contribution in [3.63, 3.8) is 0 Å². The molecule has 0 saturated heterocycles. The molecule has 5 amide bonds. The molecule has 56 heavy (non-hydrogen) atoms. The lowest BCUT2D eigenvalue weighted by Crippen LogP contribution is -2.51. The Bertz CT molecular complexity index is 2350. The molecule has 0 spiro atoms. The molecule has 2 aromatic carbocycles. The highest BCUT2D eigenvalue weighted by Crippen LogP contribution is 2.41. The molecule has 0 saturated carbocycles. The maximum absolute atomic E-state index is 15.6. The zero-order valence-corrected chi connectivity index (χ0v) is 29.9. The number of esters is 1. The average molecular weight is 773 g/mol. The molecule has 0 fully saturated rings. The normalized spacial score (nSPS) is 15.8. The van der Waals surface area contributed by atoms with Crippen molar-refractivity contribution in [2.45, 2.75) is 51.1 Å². The molecule has 0 bridgehead atoms. The number of aromatic nitrogens is 2. The van der Waals surface area contributed by atoms with E-state index in [1.165, 1.54) is 16.7 Å². The number of hydrogen-bond donors (Lipinski definition) is 8. The summed E-state index contributed by atoms with van der Waals surface area (Å²) >= 11 is 0. The Morgan fingerprint density at radius 1 is 1.00 bits per heavy atom. The SMILES string of the molecule is CC[C@@]1(O)C(=O)OCc2c1cc1n(c2=O)Cc2c-1nc1cc(F)c(NC(=O)CNC(=O)[C@H](Cc3ccccc3)NC(=O)CNC(=O)CN)cc1c2CNC(=O)O. The number of carbonyl (C=O) groups is 6. The third-order valence-corrected chi connectivity index (χ3v) is 9.57. The number of ether oxygens (including phenoxy) is 1. The van der Waals surface area contributed by atoms with Crippen molar-refractivity contribution in [2.75, 3.05) is 25.0 Å². The van der Waals surface area contributed by atoms with Gasteiger partial charge in [0, 0.05) is 35.5 Å². The summed E-state index contributed by atoms with van der Waals surface area (Å²) in [7, 11) is 0. The molecular weight excluding hydrogens is 735 g/mol. The van der Waals surface area contributed by atoms with Crippen molar-refractivity contribution in [1.29, 1.82) is 0 Å². The van der Waals surface area contributed by atoms with Gasteiger partial charge in [-0.3, -0.25) is 24.0 Å². The smallest absolute Gasteiger partial charge is 0.404 e. The summed E-state index contributed by atoms with van der Waals surface area (Å²) in [5, 5.41) is 32.8. The van der Waals surface area contributed by atoms with Crippen molar-refractivity contribution in [1.82, 2.24) is 30.8 Å². The molecule has 19 heteroatoms. The maximum Gasteiger partial charge on any atom is 0.404 e. The van der Waals surface area contributed by atoms with Crippen LogP contribution in [0.25, 0.3) is 22.3 Å². The second kappa shape index (κ2) is 15.9. The second-order valence-electron chi connectivity index (χ2n) is 13.1. The van der Waals surface area contributed by atoms with Gasteiger partial charge in [0.1, 0.15) is 18.5 Å². The first-order valence-corrected chi connectivity index (χ1v) is 17.4. The van der Waals surface area contributed by atoms with E-state index in [9.17, 15) is 43.8 Å². The third-order valence-electron chi connectivity index (χ3n) is 9.57. The summed E-state index contributed by atoms with van der Waals surface area (Å²) in [5.74, 6) is -4.69. The van der Waals surface area contributed by atoms with Crippen LogP contribution in [0.1, 0.15) is 41.2 Å². The lowest BCUT2D eigenvalue weighted by molar-refractivity contribution is -0.172. The molecule has 6 rings (SSSR count). The highest BCUT2D eigenvalue weighted by atomic mass is 19.1. The van der Waals surface area contributed by atoms with Crippen LogP contribution in [-0.4, -0.2) is 81.1 Å². The molecule has 2 aliphatic heterocycles. The van der Waals surface area contributed by atoms with E-state index >= 15 is 4.39 Å². The van der Waals surface area contributed by atoms with Gasteiger partial charge >= 0.3 is 12.1 Å². The fourth-order valence-electron chi connectivity index (χ4n) is 6.69. The van der Waals surface area contributed by atoms with Crippen molar-refractivity contribution in [3.8, 4) is 11.4 Å². The first kappa shape index (κ1) is 39.0. The molecule has 18 nitrogen and oxygen atoms in total. The highest BCUT2D eigenvalue weighted by molar-refractivity contribution is 5.99. The van der Waals surface area contributed by atoms with Gasteiger partial charge in [-0.2, -0.15) is 0 Å². The largest absolute Gasteiger partial charge is 0.465 e. The van der Waals surface area contributed by atoms with Crippen LogP contribution < -0.4 is 37.9 Å². The Morgan fingerprint density at radius 3 is 2.43 bits per heavy atom.